The van der Waals surface area contributed by atoms with Gasteiger partial charge in [-0.25, -0.2) is 4.98 Å². The number of aromatic nitrogens is 2. The molecule has 0 saturated carbocycles. The smallest absolute Gasteiger partial charge is 0.248 e. The van der Waals surface area contributed by atoms with Gasteiger partial charge in [0.1, 0.15) is 0 Å². The quantitative estimate of drug-likeness (QED) is 0.742. The van der Waals surface area contributed by atoms with Gasteiger partial charge in [-0.05, 0) is 23.6 Å². The molecule has 1 aromatic heterocycles. The number of benzene rings is 2. The maximum Gasteiger partial charge on any atom is 0.248 e. The zero-order valence-corrected chi connectivity index (χ0v) is 9.58. The van der Waals surface area contributed by atoms with E-state index in [0.717, 1.165) is 16.5 Å². The standard InChI is InChI=1S/C14H11N3O/c15-14(18)11-4-5-12-10(8-11)2-1-3-13(12)17-7-6-16-9-17/h1-9H,(H2,15,18). The molecule has 0 atom stereocenters. The van der Waals surface area contributed by atoms with Crippen molar-refractivity contribution in [3.8, 4) is 5.69 Å². The fraction of sp³-hybridized carbons (Fsp3) is 0. The fourth-order valence-corrected chi connectivity index (χ4v) is 2.05. The molecule has 0 aliphatic carbocycles. The Bertz CT molecular complexity index is 717. The van der Waals surface area contributed by atoms with Crippen LogP contribution in [-0.2, 0) is 0 Å². The van der Waals surface area contributed by atoms with E-state index in [1.165, 1.54) is 0 Å². The second kappa shape index (κ2) is 4.00. The summed E-state index contributed by atoms with van der Waals surface area (Å²) in [6.45, 7) is 0. The molecule has 3 rings (SSSR count). The number of primary amides is 1. The zero-order chi connectivity index (χ0) is 12.5. The Morgan fingerprint density at radius 1 is 1.22 bits per heavy atom. The molecule has 0 spiro atoms. The summed E-state index contributed by atoms with van der Waals surface area (Å²) in [6.07, 6.45) is 5.37. The highest BCUT2D eigenvalue weighted by Gasteiger charge is 2.05. The molecule has 88 valence electrons. The van der Waals surface area contributed by atoms with Gasteiger partial charge < -0.3 is 10.3 Å². The average molecular weight is 237 g/mol. The van der Waals surface area contributed by atoms with E-state index in [-0.39, 0.29) is 0 Å². The summed E-state index contributed by atoms with van der Waals surface area (Å²) < 4.78 is 1.94. The molecule has 0 aliphatic heterocycles. The topological polar surface area (TPSA) is 60.9 Å². The maximum absolute atomic E-state index is 11.2. The first-order valence-corrected chi connectivity index (χ1v) is 5.56. The molecule has 3 aromatic rings. The van der Waals surface area contributed by atoms with Gasteiger partial charge in [-0.2, -0.15) is 0 Å². The monoisotopic (exact) mass is 237 g/mol. The van der Waals surface area contributed by atoms with Crippen LogP contribution in [0.25, 0.3) is 16.5 Å². The molecule has 1 amide bonds. The Balaban J connectivity index is 2.26. The van der Waals surface area contributed by atoms with Crippen LogP contribution < -0.4 is 5.73 Å². The van der Waals surface area contributed by atoms with Crippen molar-refractivity contribution in [2.45, 2.75) is 0 Å². The fourth-order valence-electron chi connectivity index (χ4n) is 2.05. The minimum atomic E-state index is -0.412. The van der Waals surface area contributed by atoms with Gasteiger partial charge in [-0.1, -0.05) is 18.2 Å². The summed E-state index contributed by atoms with van der Waals surface area (Å²) in [5.41, 5.74) is 6.83. The predicted octanol–water partition coefficient (Wildman–Crippen LogP) is 2.12. The largest absolute Gasteiger partial charge is 0.366 e. The first-order chi connectivity index (χ1) is 8.75. The second-order valence-electron chi connectivity index (χ2n) is 4.05. The molecule has 0 bridgehead atoms. The number of rotatable bonds is 2. The average Bonchev–Trinajstić information content (AvgIpc) is 2.91. The van der Waals surface area contributed by atoms with E-state index in [0.29, 0.717) is 5.56 Å². The molecular formula is C14H11N3O. The van der Waals surface area contributed by atoms with Gasteiger partial charge in [0.2, 0.25) is 5.91 Å². The van der Waals surface area contributed by atoms with Crippen molar-refractivity contribution in [1.82, 2.24) is 9.55 Å². The highest BCUT2D eigenvalue weighted by molar-refractivity contribution is 5.99. The molecule has 0 radical (unpaired) electrons. The lowest BCUT2D eigenvalue weighted by Gasteiger charge is -2.07. The van der Waals surface area contributed by atoms with E-state index >= 15 is 0 Å². The van der Waals surface area contributed by atoms with Crippen LogP contribution in [-0.4, -0.2) is 15.5 Å². The van der Waals surface area contributed by atoms with Crippen molar-refractivity contribution in [2.24, 2.45) is 5.73 Å². The van der Waals surface area contributed by atoms with Gasteiger partial charge in [0.15, 0.2) is 0 Å². The molecule has 0 aliphatic rings. The molecule has 2 aromatic carbocycles. The number of amides is 1. The minimum Gasteiger partial charge on any atom is -0.366 e. The summed E-state index contributed by atoms with van der Waals surface area (Å²) in [5, 5.41) is 2.04. The Morgan fingerprint density at radius 2 is 2.11 bits per heavy atom. The van der Waals surface area contributed by atoms with E-state index in [1.54, 1.807) is 24.7 Å². The third-order valence-electron chi connectivity index (χ3n) is 2.92. The number of hydrogen-bond donors (Lipinski definition) is 1. The Kier molecular flexibility index (Phi) is 2.34. The Labute approximate surface area is 104 Å². The lowest BCUT2D eigenvalue weighted by Crippen LogP contribution is -2.10. The third-order valence-corrected chi connectivity index (χ3v) is 2.92. The number of carbonyl (C=O) groups excluding carboxylic acids is 1. The van der Waals surface area contributed by atoms with E-state index in [4.69, 9.17) is 5.73 Å². The highest BCUT2D eigenvalue weighted by atomic mass is 16.1. The molecule has 0 saturated heterocycles. The van der Waals surface area contributed by atoms with Crippen LogP contribution in [0, 0.1) is 0 Å². The summed E-state index contributed by atoms with van der Waals surface area (Å²) in [6, 6.07) is 11.4. The van der Waals surface area contributed by atoms with E-state index in [1.807, 2.05) is 35.0 Å². The Morgan fingerprint density at radius 3 is 2.83 bits per heavy atom. The van der Waals surface area contributed by atoms with Crippen LogP contribution in [0.1, 0.15) is 10.4 Å². The second-order valence-corrected chi connectivity index (χ2v) is 4.05. The lowest BCUT2D eigenvalue weighted by molar-refractivity contribution is 0.100. The van der Waals surface area contributed by atoms with E-state index in [2.05, 4.69) is 4.98 Å². The number of nitrogens with zero attached hydrogens (tertiary/aromatic N) is 2. The van der Waals surface area contributed by atoms with Crippen molar-refractivity contribution in [3.63, 3.8) is 0 Å². The van der Waals surface area contributed by atoms with Crippen LogP contribution in [0.5, 0.6) is 0 Å². The van der Waals surface area contributed by atoms with Crippen molar-refractivity contribution < 1.29 is 4.79 Å². The number of imidazole rings is 1. The van der Waals surface area contributed by atoms with Gasteiger partial charge in [0.05, 0.1) is 12.0 Å². The Hall–Kier alpha value is -2.62. The number of nitrogens with two attached hydrogens (primary N) is 1. The normalized spacial score (nSPS) is 10.7. The van der Waals surface area contributed by atoms with Crippen LogP contribution >= 0.6 is 0 Å². The summed E-state index contributed by atoms with van der Waals surface area (Å²) in [5.74, 6) is -0.412. The number of hydrogen-bond acceptors (Lipinski definition) is 2. The first-order valence-electron chi connectivity index (χ1n) is 5.56. The van der Waals surface area contributed by atoms with Gasteiger partial charge in [-0.15, -0.1) is 0 Å². The molecule has 4 nitrogen and oxygen atoms in total. The van der Waals surface area contributed by atoms with Crippen molar-refractivity contribution >= 4 is 16.7 Å². The van der Waals surface area contributed by atoms with E-state index in [9.17, 15) is 4.79 Å². The van der Waals surface area contributed by atoms with Gasteiger partial charge in [0, 0.05) is 23.3 Å². The molecule has 1 heterocycles. The van der Waals surface area contributed by atoms with Crippen molar-refractivity contribution in [3.05, 3.63) is 60.7 Å². The maximum atomic E-state index is 11.2. The molecular weight excluding hydrogens is 226 g/mol. The zero-order valence-electron chi connectivity index (χ0n) is 9.58. The molecule has 18 heavy (non-hydrogen) atoms. The summed E-state index contributed by atoms with van der Waals surface area (Å²) in [4.78, 5) is 15.2. The summed E-state index contributed by atoms with van der Waals surface area (Å²) >= 11 is 0. The number of fused-ring (bicyclic) bond motifs is 1. The molecule has 4 heteroatoms. The van der Waals surface area contributed by atoms with Gasteiger partial charge in [-0.3, -0.25) is 4.79 Å². The van der Waals surface area contributed by atoms with E-state index < -0.39 is 5.91 Å². The minimum absolute atomic E-state index is 0.412. The molecule has 0 unspecified atom stereocenters. The van der Waals surface area contributed by atoms with Crippen LogP contribution in [0.2, 0.25) is 0 Å². The van der Waals surface area contributed by atoms with Gasteiger partial charge in [0.25, 0.3) is 0 Å². The molecule has 2 N–H and O–H groups in total. The van der Waals surface area contributed by atoms with Crippen molar-refractivity contribution in [1.29, 1.82) is 0 Å². The van der Waals surface area contributed by atoms with Gasteiger partial charge >= 0.3 is 0 Å². The first kappa shape index (κ1) is 10.5. The van der Waals surface area contributed by atoms with Crippen molar-refractivity contribution in [2.75, 3.05) is 0 Å². The lowest BCUT2D eigenvalue weighted by atomic mass is 10.1. The number of carbonyl (C=O) groups is 1. The van der Waals surface area contributed by atoms with Crippen LogP contribution in [0.4, 0.5) is 0 Å². The predicted molar refractivity (Wildman–Crippen MR) is 69.6 cm³/mol. The van der Waals surface area contributed by atoms with Crippen LogP contribution in [0.15, 0.2) is 55.1 Å². The van der Waals surface area contributed by atoms with Crippen LogP contribution in [0.3, 0.4) is 0 Å². The SMILES string of the molecule is NC(=O)c1ccc2c(-n3ccnc3)cccc2c1. The molecule has 0 fully saturated rings. The highest BCUT2D eigenvalue weighted by Crippen LogP contribution is 2.23. The third kappa shape index (κ3) is 1.64. The summed E-state index contributed by atoms with van der Waals surface area (Å²) in [7, 11) is 0.